The standard InChI is InChI=1S/C15H13ClN2O3S/c16-11-3-1-10(2-4-11)7-12-8-17-15(22-12)18-14(19)13-9-20-5-6-21-13/h1-4,8-9H,5-7H2,(H,17,18,19). The number of halogens is 1. The molecule has 2 heterocycles. The zero-order chi connectivity index (χ0) is 15.4. The van der Waals surface area contributed by atoms with Crippen molar-refractivity contribution < 1.29 is 14.3 Å². The highest BCUT2D eigenvalue weighted by Crippen LogP contribution is 2.22. The lowest BCUT2D eigenvalue weighted by atomic mass is 10.1. The molecule has 1 amide bonds. The number of nitrogens with one attached hydrogen (secondary N) is 1. The number of amides is 1. The summed E-state index contributed by atoms with van der Waals surface area (Å²) in [6.45, 7) is 0.832. The van der Waals surface area contributed by atoms with Gasteiger partial charge in [-0.05, 0) is 17.7 Å². The van der Waals surface area contributed by atoms with E-state index in [2.05, 4.69) is 10.3 Å². The maximum absolute atomic E-state index is 11.9. The third kappa shape index (κ3) is 3.78. The number of aromatic nitrogens is 1. The van der Waals surface area contributed by atoms with Gasteiger partial charge in [0.2, 0.25) is 5.76 Å². The molecule has 0 unspecified atom stereocenters. The second kappa shape index (κ2) is 6.81. The van der Waals surface area contributed by atoms with Crippen LogP contribution in [0.5, 0.6) is 0 Å². The number of ether oxygens (including phenoxy) is 2. The molecule has 1 aromatic heterocycles. The molecule has 1 aliphatic rings. The Balaban J connectivity index is 1.62. The fourth-order valence-corrected chi connectivity index (χ4v) is 2.86. The average molecular weight is 337 g/mol. The van der Waals surface area contributed by atoms with Crippen molar-refractivity contribution in [3.8, 4) is 0 Å². The predicted octanol–water partition coefficient (Wildman–Crippen LogP) is 3.21. The van der Waals surface area contributed by atoms with Crippen molar-refractivity contribution >= 4 is 34.0 Å². The molecule has 1 N–H and O–H groups in total. The molecule has 1 aliphatic heterocycles. The van der Waals surface area contributed by atoms with Gasteiger partial charge in [0, 0.05) is 22.5 Å². The first-order valence-corrected chi connectivity index (χ1v) is 7.85. The molecule has 0 spiro atoms. The highest BCUT2D eigenvalue weighted by molar-refractivity contribution is 7.15. The maximum Gasteiger partial charge on any atom is 0.295 e. The van der Waals surface area contributed by atoms with E-state index in [1.165, 1.54) is 17.6 Å². The highest BCUT2D eigenvalue weighted by Gasteiger charge is 2.16. The van der Waals surface area contributed by atoms with E-state index < -0.39 is 0 Å². The lowest BCUT2D eigenvalue weighted by Crippen LogP contribution is -2.20. The van der Waals surface area contributed by atoms with Crippen LogP contribution in [-0.4, -0.2) is 24.1 Å². The first-order chi connectivity index (χ1) is 10.7. The van der Waals surface area contributed by atoms with Crippen molar-refractivity contribution in [2.24, 2.45) is 0 Å². The van der Waals surface area contributed by atoms with E-state index in [0.29, 0.717) is 23.4 Å². The van der Waals surface area contributed by atoms with E-state index in [-0.39, 0.29) is 11.7 Å². The Morgan fingerprint density at radius 1 is 1.32 bits per heavy atom. The summed E-state index contributed by atoms with van der Waals surface area (Å²) in [5, 5.41) is 3.94. The van der Waals surface area contributed by atoms with Gasteiger partial charge in [0.1, 0.15) is 19.5 Å². The molecule has 2 aromatic rings. The Morgan fingerprint density at radius 3 is 2.86 bits per heavy atom. The van der Waals surface area contributed by atoms with Crippen molar-refractivity contribution in [2.75, 3.05) is 18.5 Å². The van der Waals surface area contributed by atoms with Crippen LogP contribution in [0.4, 0.5) is 5.13 Å². The Hall–Kier alpha value is -2.05. The number of carbonyl (C=O) groups excluding carboxylic acids is 1. The summed E-state index contributed by atoms with van der Waals surface area (Å²) in [6.07, 6.45) is 3.82. The molecule has 0 atom stereocenters. The molecule has 0 radical (unpaired) electrons. The molecule has 0 saturated carbocycles. The number of anilines is 1. The van der Waals surface area contributed by atoms with Crippen molar-refractivity contribution in [3.63, 3.8) is 0 Å². The van der Waals surface area contributed by atoms with E-state index in [0.717, 1.165) is 16.9 Å². The monoisotopic (exact) mass is 336 g/mol. The van der Waals surface area contributed by atoms with Crippen LogP contribution < -0.4 is 5.32 Å². The van der Waals surface area contributed by atoms with Crippen LogP contribution in [0.3, 0.4) is 0 Å². The number of rotatable bonds is 4. The van der Waals surface area contributed by atoms with Crippen LogP contribution in [0.15, 0.2) is 42.5 Å². The lowest BCUT2D eigenvalue weighted by molar-refractivity contribution is -0.117. The van der Waals surface area contributed by atoms with Gasteiger partial charge >= 0.3 is 0 Å². The van der Waals surface area contributed by atoms with Gasteiger partial charge in [-0.15, -0.1) is 11.3 Å². The zero-order valence-corrected chi connectivity index (χ0v) is 13.1. The maximum atomic E-state index is 11.9. The molecule has 22 heavy (non-hydrogen) atoms. The van der Waals surface area contributed by atoms with Gasteiger partial charge in [0.25, 0.3) is 5.91 Å². The number of nitrogens with zero attached hydrogens (tertiary/aromatic N) is 1. The smallest absolute Gasteiger partial charge is 0.295 e. The molecular formula is C15H13ClN2O3S. The second-order valence-corrected chi connectivity index (χ2v) is 6.14. The quantitative estimate of drug-likeness (QED) is 0.931. The summed E-state index contributed by atoms with van der Waals surface area (Å²) in [4.78, 5) is 17.2. The number of thiazole rings is 1. The number of benzene rings is 1. The number of carbonyl (C=O) groups is 1. The normalized spacial score (nSPS) is 13.8. The van der Waals surface area contributed by atoms with E-state index >= 15 is 0 Å². The minimum atomic E-state index is -0.355. The van der Waals surface area contributed by atoms with Crippen LogP contribution in [0, 0.1) is 0 Å². The molecule has 0 aliphatic carbocycles. The Kier molecular flexibility index (Phi) is 4.60. The topological polar surface area (TPSA) is 60.5 Å². The first kappa shape index (κ1) is 14.9. The average Bonchev–Trinajstić information content (AvgIpc) is 2.97. The fourth-order valence-electron chi connectivity index (χ4n) is 1.90. The summed E-state index contributed by atoms with van der Waals surface area (Å²) in [5.41, 5.74) is 1.14. The van der Waals surface area contributed by atoms with Gasteiger partial charge in [-0.25, -0.2) is 4.98 Å². The summed E-state index contributed by atoms with van der Waals surface area (Å²) in [6, 6.07) is 7.65. The SMILES string of the molecule is O=C(Nc1ncc(Cc2ccc(Cl)cc2)s1)C1=COCCO1. The van der Waals surface area contributed by atoms with Crippen LogP contribution in [0.2, 0.25) is 5.02 Å². The predicted molar refractivity (Wildman–Crippen MR) is 85.0 cm³/mol. The summed E-state index contributed by atoms with van der Waals surface area (Å²) in [7, 11) is 0. The molecule has 1 aromatic carbocycles. The van der Waals surface area contributed by atoms with Gasteiger partial charge in [0.05, 0.1) is 0 Å². The molecule has 114 valence electrons. The van der Waals surface area contributed by atoms with Crippen molar-refractivity contribution in [1.82, 2.24) is 4.98 Å². The molecule has 5 nitrogen and oxygen atoms in total. The molecular weight excluding hydrogens is 324 g/mol. The van der Waals surface area contributed by atoms with Crippen LogP contribution >= 0.6 is 22.9 Å². The largest absolute Gasteiger partial charge is 0.494 e. The first-order valence-electron chi connectivity index (χ1n) is 6.66. The van der Waals surface area contributed by atoms with Gasteiger partial charge in [-0.3, -0.25) is 10.1 Å². The van der Waals surface area contributed by atoms with Crippen LogP contribution in [-0.2, 0) is 20.7 Å². The van der Waals surface area contributed by atoms with Crippen LogP contribution in [0.25, 0.3) is 0 Å². The fraction of sp³-hybridized carbons (Fsp3) is 0.200. The number of hydrogen-bond acceptors (Lipinski definition) is 5. The second-order valence-electron chi connectivity index (χ2n) is 4.59. The minimum Gasteiger partial charge on any atom is -0.494 e. The van der Waals surface area contributed by atoms with Crippen LogP contribution in [0.1, 0.15) is 10.4 Å². The van der Waals surface area contributed by atoms with E-state index in [4.69, 9.17) is 21.1 Å². The number of hydrogen-bond donors (Lipinski definition) is 1. The van der Waals surface area contributed by atoms with E-state index in [1.807, 2.05) is 24.3 Å². The molecule has 0 fully saturated rings. The Labute approximate surface area is 136 Å². The van der Waals surface area contributed by atoms with Crippen molar-refractivity contribution in [1.29, 1.82) is 0 Å². The molecule has 0 saturated heterocycles. The van der Waals surface area contributed by atoms with E-state index in [1.54, 1.807) is 6.20 Å². The lowest BCUT2D eigenvalue weighted by Gasteiger charge is -2.14. The zero-order valence-electron chi connectivity index (χ0n) is 11.5. The molecule has 0 bridgehead atoms. The summed E-state index contributed by atoms with van der Waals surface area (Å²) >= 11 is 7.29. The van der Waals surface area contributed by atoms with Gasteiger partial charge < -0.3 is 9.47 Å². The Bertz CT molecular complexity index is 697. The highest BCUT2D eigenvalue weighted by atomic mass is 35.5. The van der Waals surface area contributed by atoms with Crippen molar-refractivity contribution in [3.05, 3.63) is 57.9 Å². The van der Waals surface area contributed by atoms with Gasteiger partial charge in [-0.2, -0.15) is 0 Å². The van der Waals surface area contributed by atoms with Gasteiger partial charge in [-0.1, -0.05) is 23.7 Å². The van der Waals surface area contributed by atoms with Crippen molar-refractivity contribution in [2.45, 2.75) is 6.42 Å². The molecule has 7 heteroatoms. The third-order valence-corrected chi connectivity index (χ3v) is 4.10. The van der Waals surface area contributed by atoms with Gasteiger partial charge in [0.15, 0.2) is 5.13 Å². The third-order valence-electron chi connectivity index (χ3n) is 2.94. The summed E-state index contributed by atoms with van der Waals surface area (Å²) < 4.78 is 10.3. The van der Waals surface area contributed by atoms with E-state index in [9.17, 15) is 4.79 Å². The minimum absolute atomic E-state index is 0.167. The summed E-state index contributed by atoms with van der Waals surface area (Å²) in [5.74, 6) is -0.187. The Morgan fingerprint density at radius 2 is 2.14 bits per heavy atom. The molecule has 3 rings (SSSR count).